The predicted molar refractivity (Wildman–Crippen MR) is 61.0 cm³/mol. The third kappa shape index (κ3) is 2.20. The van der Waals surface area contributed by atoms with Crippen molar-refractivity contribution in [3.05, 3.63) is 0 Å². The van der Waals surface area contributed by atoms with E-state index in [9.17, 15) is 9.59 Å². The molecule has 92 valence electrons. The number of carbonyl (C=O) groups excluding carboxylic acids is 1. The van der Waals surface area contributed by atoms with Crippen molar-refractivity contribution in [1.82, 2.24) is 4.90 Å². The third-order valence-corrected chi connectivity index (χ3v) is 3.50. The fourth-order valence-corrected chi connectivity index (χ4v) is 2.24. The molecule has 1 saturated heterocycles. The van der Waals surface area contributed by atoms with Crippen LogP contribution in [0.25, 0.3) is 0 Å². The van der Waals surface area contributed by atoms with Crippen LogP contribution in [0.5, 0.6) is 0 Å². The van der Waals surface area contributed by atoms with Crippen molar-refractivity contribution in [2.45, 2.75) is 59.0 Å². The Balaban J connectivity index is 2.90. The van der Waals surface area contributed by atoms with E-state index in [4.69, 9.17) is 5.11 Å². The Kier molecular flexibility index (Phi) is 3.61. The van der Waals surface area contributed by atoms with Crippen molar-refractivity contribution in [1.29, 1.82) is 0 Å². The number of carboxylic acids is 1. The Labute approximate surface area is 96.6 Å². The molecule has 1 heterocycles. The highest BCUT2D eigenvalue weighted by Crippen LogP contribution is 2.28. The molecule has 0 aromatic carbocycles. The van der Waals surface area contributed by atoms with Crippen LogP contribution in [0.2, 0.25) is 0 Å². The van der Waals surface area contributed by atoms with Gasteiger partial charge in [0.05, 0.1) is 0 Å². The molecule has 1 N–H and O–H groups in total. The van der Waals surface area contributed by atoms with Crippen molar-refractivity contribution in [3.63, 3.8) is 0 Å². The van der Waals surface area contributed by atoms with Crippen molar-refractivity contribution >= 4 is 11.9 Å². The van der Waals surface area contributed by atoms with Crippen LogP contribution in [0.1, 0.15) is 47.0 Å². The van der Waals surface area contributed by atoms with E-state index in [1.165, 1.54) is 13.8 Å². The first-order valence-electron chi connectivity index (χ1n) is 5.84. The predicted octanol–water partition coefficient (Wildman–Crippen LogP) is 1.89. The van der Waals surface area contributed by atoms with Crippen LogP contribution in [-0.4, -0.2) is 34.0 Å². The number of hydrogen-bond donors (Lipinski definition) is 1. The lowest BCUT2D eigenvalue weighted by molar-refractivity contribution is -0.161. The van der Waals surface area contributed by atoms with E-state index in [1.807, 2.05) is 13.8 Å². The van der Waals surface area contributed by atoms with E-state index in [0.29, 0.717) is 0 Å². The molecule has 1 aliphatic heterocycles. The second-order valence-electron chi connectivity index (χ2n) is 5.27. The Hall–Kier alpha value is -1.06. The zero-order valence-electron chi connectivity index (χ0n) is 10.5. The Bertz CT molecular complexity index is 289. The summed E-state index contributed by atoms with van der Waals surface area (Å²) in [6.45, 7) is 6.94. The maximum Gasteiger partial charge on any atom is 0.318 e. The second-order valence-corrected chi connectivity index (χ2v) is 5.27. The molecule has 0 radical (unpaired) electrons. The average Bonchev–Trinajstić information content (AvgIpc) is 2.16. The molecule has 0 aromatic rings. The number of carbonyl (C=O) groups is 2. The molecule has 1 aliphatic rings. The smallest absolute Gasteiger partial charge is 0.318 e. The number of aliphatic carboxylic acids is 1. The Morgan fingerprint density at radius 3 is 2.00 bits per heavy atom. The van der Waals surface area contributed by atoms with Gasteiger partial charge in [0.25, 0.3) is 0 Å². The highest BCUT2D eigenvalue weighted by atomic mass is 16.4. The number of nitrogens with zero attached hydrogens (tertiary/aromatic N) is 1. The molecule has 0 saturated carbocycles. The van der Waals surface area contributed by atoms with Gasteiger partial charge in [-0.1, -0.05) is 0 Å². The van der Waals surface area contributed by atoms with E-state index in [-0.39, 0.29) is 18.0 Å². The fraction of sp³-hybridized carbons (Fsp3) is 0.833. The van der Waals surface area contributed by atoms with Gasteiger partial charge in [0.1, 0.15) is 5.41 Å². The second kappa shape index (κ2) is 4.44. The van der Waals surface area contributed by atoms with Crippen LogP contribution in [0, 0.1) is 5.41 Å². The summed E-state index contributed by atoms with van der Waals surface area (Å²) in [6.07, 6.45) is 3.04. The number of rotatable bonds is 2. The van der Waals surface area contributed by atoms with Crippen LogP contribution < -0.4 is 0 Å². The molecule has 0 bridgehead atoms. The standard InChI is InChI=1S/C12H21NO3/c1-8-6-5-7-9(2)13(8)10(14)12(3,4)11(15)16/h8-9H,5-7H2,1-4H3,(H,15,16). The summed E-state index contributed by atoms with van der Waals surface area (Å²) >= 11 is 0. The van der Waals surface area contributed by atoms with Crippen molar-refractivity contribution in [3.8, 4) is 0 Å². The first-order valence-corrected chi connectivity index (χ1v) is 5.84. The maximum atomic E-state index is 12.2. The summed E-state index contributed by atoms with van der Waals surface area (Å²) in [5, 5.41) is 9.07. The molecule has 1 amide bonds. The summed E-state index contributed by atoms with van der Waals surface area (Å²) in [5.74, 6) is -1.32. The minimum absolute atomic E-state index is 0.148. The Morgan fingerprint density at radius 2 is 1.62 bits per heavy atom. The molecule has 1 rings (SSSR count). The van der Waals surface area contributed by atoms with Crippen LogP contribution >= 0.6 is 0 Å². The highest BCUT2D eigenvalue weighted by Gasteiger charge is 2.42. The van der Waals surface area contributed by atoms with E-state index < -0.39 is 11.4 Å². The fourth-order valence-electron chi connectivity index (χ4n) is 2.24. The van der Waals surface area contributed by atoms with E-state index in [2.05, 4.69) is 0 Å². The summed E-state index contributed by atoms with van der Waals surface area (Å²) < 4.78 is 0. The Morgan fingerprint density at radius 1 is 1.19 bits per heavy atom. The first-order chi connectivity index (χ1) is 7.28. The van der Waals surface area contributed by atoms with Gasteiger partial charge in [-0.15, -0.1) is 0 Å². The summed E-state index contributed by atoms with van der Waals surface area (Å²) in [4.78, 5) is 25.0. The zero-order chi connectivity index (χ0) is 12.5. The highest BCUT2D eigenvalue weighted by molar-refractivity contribution is 6.01. The van der Waals surface area contributed by atoms with Crippen LogP contribution in [0.3, 0.4) is 0 Å². The number of hydrogen-bond acceptors (Lipinski definition) is 2. The normalized spacial score (nSPS) is 26.6. The molecule has 2 unspecified atom stereocenters. The SMILES string of the molecule is CC1CCCC(C)N1C(=O)C(C)(C)C(=O)O. The van der Waals surface area contributed by atoms with Gasteiger partial charge in [0.15, 0.2) is 0 Å². The molecule has 2 atom stereocenters. The van der Waals surface area contributed by atoms with Crippen LogP contribution in [-0.2, 0) is 9.59 Å². The molecular formula is C12H21NO3. The molecule has 0 aromatic heterocycles. The van der Waals surface area contributed by atoms with Gasteiger partial charge in [-0.05, 0) is 47.0 Å². The quantitative estimate of drug-likeness (QED) is 0.733. The average molecular weight is 227 g/mol. The largest absolute Gasteiger partial charge is 0.480 e. The first kappa shape index (κ1) is 13.0. The van der Waals surface area contributed by atoms with Gasteiger partial charge in [0, 0.05) is 12.1 Å². The lowest BCUT2D eigenvalue weighted by atomic mass is 9.87. The van der Waals surface area contributed by atoms with Gasteiger partial charge in [-0.25, -0.2) is 0 Å². The molecular weight excluding hydrogens is 206 g/mol. The van der Waals surface area contributed by atoms with Gasteiger partial charge < -0.3 is 10.0 Å². The molecule has 4 nitrogen and oxygen atoms in total. The van der Waals surface area contributed by atoms with E-state index >= 15 is 0 Å². The van der Waals surface area contributed by atoms with E-state index in [1.54, 1.807) is 4.90 Å². The number of piperidine rings is 1. The van der Waals surface area contributed by atoms with Gasteiger partial charge >= 0.3 is 5.97 Å². The van der Waals surface area contributed by atoms with Crippen molar-refractivity contribution in [2.24, 2.45) is 5.41 Å². The van der Waals surface area contributed by atoms with Gasteiger partial charge in [-0.2, -0.15) is 0 Å². The third-order valence-electron chi connectivity index (χ3n) is 3.50. The molecule has 0 aliphatic carbocycles. The molecule has 4 heteroatoms. The summed E-state index contributed by atoms with van der Waals surface area (Å²) in [6, 6.07) is 0.296. The van der Waals surface area contributed by atoms with Gasteiger partial charge in [-0.3, -0.25) is 9.59 Å². The lowest BCUT2D eigenvalue weighted by Gasteiger charge is -2.42. The maximum absolute atomic E-state index is 12.2. The number of carboxylic acid groups (broad SMARTS) is 1. The topological polar surface area (TPSA) is 57.6 Å². The number of likely N-dealkylation sites (tertiary alicyclic amines) is 1. The van der Waals surface area contributed by atoms with Gasteiger partial charge in [0.2, 0.25) is 5.91 Å². The monoisotopic (exact) mass is 227 g/mol. The summed E-state index contributed by atoms with van der Waals surface area (Å²) in [7, 11) is 0. The summed E-state index contributed by atoms with van der Waals surface area (Å²) in [5.41, 5.74) is -1.32. The molecule has 16 heavy (non-hydrogen) atoms. The van der Waals surface area contributed by atoms with Crippen molar-refractivity contribution < 1.29 is 14.7 Å². The minimum atomic E-state index is -1.32. The van der Waals surface area contributed by atoms with Crippen molar-refractivity contribution in [2.75, 3.05) is 0 Å². The molecule has 0 spiro atoms. The van der Waals surface area contributed by atoms with E-state index in [0.717, 1.165) is 19.3 Å². The van der Waals surface area contributed by atoms with Crippen LogP contribution in [0.15, 0.2) is 0 Å². The minimum Gasteiger partial charge on any atom is -0.480 e. The zero-order valence-corrected chi connectivity index (χ0v) is 10.5. The lowest BCUT2D eigenvalue weighted by Crippen LogP contribution is -2.54. The number of amides is 1. The molecule has 1 fully saturated rings. The van der Waals surface area contributed by atoms with Crippen LogP contribution in [0.4, 0.5) is 0 Å².